The fourth-order valence-electron chi connectivity index (χ4n) is 7.00. The van der Waals surface area contributed by atoms with E-state index in [9.17, 15) is 34.2 Å². The van der Waals surface area contributed by atoms with E-state index in [1.807, 2.05) is 53.5 Å². The molecule has 2 aromatic rings. The molecule has 1 aliphatic rings. The average molecular weight is 786 g/mol. The van der Waals surface area contributed by atoms with E-state index in [1.165, 1.54) is 11.3 Å². The highest BCUT2D eigenvalue weighted by Crippen LogP contribution is 2.30. The number of carboxylic acids is 1. The molecule has 2 heterocycles. The Morgan fingerprint density at radius 3 is 2.31 bits per heavy atom. The summed E-state index contributed by atoms with van der Waals surface area (Å²) in [7, 11) is 1.93. The predicted octanol–water partition coefficient (Wildman–Crippen LogP) is 5.96. The van der Waals surface area contributed by atoms with Crippen molar-refractivity contribution in [3.63, 3.8) is 0 Å². The molecule has 4 N–H and O–H groups in total. The average Bonchev–Trinajstić information content (AvgIpc) is 3.65. The van der Waals surface area contributed by atoms with Crippen LogP contribution in [0.25, 0.3) is 0 Å². The Morgan fingerprint density at radius 1 is 1.02 bits per heavy atom. The zero-order valence-corrected chi connectivity index (χ0v) is 34.7. The van der Waals surface area contributed by atoms with Crippen LogP contribution >= 0.6 is 11.3 Å². The summed E-state index contributed by atoms with van der Waals surface area (Å²) in [5.41, 5.74) is 1.05. The maximum absolute atomic E-state index is 14.6. The summed E-state index contributed by atoms with van der Waals surface area (Å²) in [4.78, 5) is 74.4. The number of carboxylic acid groups (broad SMARTS) is 1. The normalized spacial score (nSPS) is 18.0. The van der Waals surface area contributed by atoms with E-state index in [0.717, 1.165) is 31.4 Å². The maximum atomic E-state index is 14.6. The number of phenols is 1. The second-order valence-corrected chi connectivity index (χ2v) is 16.5. The number of piperidine rings is 1. The van der Waals surface area contributed by atoms with E-state index in [-0.39, 0.29) is 66.6 Å². The summed E-state index contributed by atoms with van der Waals surface area (Å²) < 4.78 is 5.68. The molecule has 306 valence electrons. The number of hydrogen-bond donors (Lipinski definition) is 4. The molecule has 1 aromatic heterocycles. The summed E-state index contributed by atoms with van der Waals surface area (Å²) in [6.45, 7) is 14.0. The van der Waals surface area contributed by atoms with Crippen LogP contribution in [-0.4, -0.2) is 99.1 Å². The molecule has 0 saturated carbocycles. The minimum atomic E-state index is -0.961. The lowest BCUT2D eigenvalue weighted by molar-refractivity contribution is -0.159. The van der Waals surface area contributed by atoms with Crippen LogP contribution in [0.3, 0.4) is 0 Å². The number of amides is 3. The molecule has 0 aliphatic carbocycles. The third kappa shape index (κ3) is 13.6. The quantitative estimate of drug-likeness (QED) is 0.0872. The minimum Gasteiger partial charge on any atom is -0.508 e. The van der Waals surface area contributed by atoms with Gasteiger partial charge >= 0.3 is 11.9 Å². The van der Waals surface area contributed by atoms with Crippen molar-refractivity contribution >= 4 is 41.0 Å². The highest BCUT2D eigenvalue weighted by Gasteiger charge is 2.38. The van der Waals surface area contributed by atoms with Gasteiger partial charge in [0, 0.05) is 29.8 Å². The first-order valence-electron chi connectivity index (χ1n) is 19.8. The zero-order chi connectivity index (χ0) is 40.8. The molecule has 55 heavy (non-hydrogen) atoms. The number of nitrogens with zero attached hydrogens (tertiary/aromatic N) is 3. The standard InChI is InChI=1S/C41H63N5O8S/c1-9-13-35(48)54-24-46(40(51)36(26(5)10-2)44-38(50)33-14-11-12-19-45(33)8)34(25(3)4)21-27(6)39-43-32(23-55-39)37(49)42-30(20-28(7)41(52)53)22-29-15-17-31(47)18-16-29/h15-18,23,25-28,30,33-34,36,47H,9-14,19-22,24H2,1-8H3,(H,42,49)(H,44,50)(H,52,53)/t26?,27-,28+,30-,33-,34-,36+/m1/s1. The zero-order valence-electron chi connectivity index (χ0n) is 33.9. The molecule has 13 nitrogen and oxygen atoms in total. The monoisotopic (exact) mass is 785 g/mol. The topological polar surface area (TPSA) is 178 Å². The van der Waals surface area contributed by atoms with Gasteiger partial charge in [0.25, 0.3) is 5.91 Å². The number of esters is 1. The lowest BCUT2D eigenvalue weighted by atomic mass is 9.90. The molecule has 1 saturated heterocycles. The van der Waals surface area contributed by atoms with Crippen molar-refractivity contribution in [1.29, 1.82) is 0 Å². The first-order chi connectivity index (χ1) is 26.1. The van der Waals surface area contributed by atoms with Crippen molar-refractivity contribution in [2.24, 2.45) is 17.8 Å². The molecular weight excluding hydrogens is 723 g/mol. The van der Waals surface area contributed by atoms with E-state index in [4.69, 9.17) is 9.72 Å². The van der Waals surface area contributed by atoms with Crippen LogP contribution in [0.2, 0.25) is 0 Å². The van der Waals surface area contributed by atoms with Crippen molar-refractivity contribution < 1.29 is 38.9 Å². The Bertz CT molecular complexity index is 1570. The number of hydrogen-bond acceptors (Lipinski definition) is 10. The van der Waals surface area contributed by atoms with E-state index in [2.05, 4.69) is 10.6 Å². The SMILES string of the molecule is CCCC(=O)OCN(C(=O)[C@@H](NC(=O)[C@H]1CCCCN1C)C(C)CC)[C@H](C[C@@H](C)c1nc(C(=O)N[C@@H](Cc2ccc(O)cc2)C[C@H](C)C(=O)O)cs1)C(C)C. The molecular formula is C41H63N5O8S. The van der Waals surface area contributed by atoms with E-state index >= 15 is 0 Å². The first kappa shape index (κ1) is 45.4. The van der Waals surface area contributed by atoms with Gasteiger partial charge in [0.05, 0.1) is 17.0 Å². The van der Waals surface area contributed by atoms with Gasteiger partial charge in [0.15, 0.2) is 6.73 Å². The van der Waals surface area contributed by atoms with Gasteiger partial charge in [-0.05, 0) is 81.6 Å². The maximum Gasteiger partial charge on any atom is 0.307 e. The van der Waals surface area contributed by atoms with Gasteiger partial charge in [-0.15, -0.1) is 11.3 Å². The molecule has 1 fully saturated rings. The van der Waals surface area contributed by atoms with Crippen LogP contribution in [0.1, 0.15) is 127 Å². The number of carbonyl (C=O) groups excluding carboxylic acids is 4. The Kier molecular flexibility index (Phi) is 18.1. The van der Waals surface area contributed by atoms with Crippen molar-refractivity contribution in [1.82, 2.24) is 25.4 Å². The highest BCUT2D eigenvalue weighted by atomic mass is 32.1. The van der Waals surface area contributed by atoms with E-state index < -0.39 is 41.9 Å². The molecule has 7 atom stereocenters. The molecule has 0 spiro atoms. The molecule has 14 heteroatoms. The van der Waals surface area contributed by atoms with Crippen molar-refractivity contribution in [3.05, 3.63) is 45.9 Å². The number of benzene rings is 1. The number of nitrogens with one attached hydrogen (secondary N) is 2. The predicted molar refractivity (Wildman–Crippen MR) is 213 cm³/mol. The molecule has 1 unspecified atom stereocenters. The first-order valence-corrected chi connectivity index (χ1v) is 20.7. The van der Waals surface area contributed by atoms with Crippen LogP contribution < -0.4 is 10.6 Å². The van der Waals surface area contributed by atoms with Gasteiger partial charge < -0.3 is 30.5 Å². The second-order valence-electron chi connectivity index (χ2n) is 15.6. The third-order valence-electron chi connectivity index (χ3n) is 10.7. The molecule has 0 bridgehead atoms. The number of aliphatic carboxylic acids is 1. The Labute approximate surface area is 330 Å². The number of thiazole rings is 1. The summed E-state index contributed by atoms with van der Waals surface area (Å²) in [5, 5.41) is 27.7. The molecule has 3 rings (SSSR count). The van der Waals surface area contributed by atoms with Gasteiger partial charge in [0.2, 0.25) is 11.8 Å². The molecule has 1 aliphatic heterocycles. The Hall–Kier alpha value is -4.04. The molecule has 0 radical (unpaired) electrons. The second kappa shape index (κ2) is 21.9. The van der Waals surface area contributed by atoms with E-state index in [0.29, 0.717) is 30.7 Å². The summed E-state index contributed by atoms with van der Waals surface area (Å²) in [6, 6.07) is 4.55. The van der Waals surface area contributed by atoms with Crippen LogP contribution in [0, 0.1) is 17.8 Å². The van der Waals surface area contributed by atoms with Crippen LogP contribution in [0.5, 0.6) is 5.75 Å². The Balaban J connectivity index is 1.85. The summed E-state index contributed by atoms with van der Waals surface area (Å²) in [5.74, 6) is -3.29. The fourth-order valence-corrected chi connectivity index (χ4v) is 7.87. The minimum absolute atomic E-state index is 0.0614. The van der Waals surface area contributed by atoms with Crippen LogP contribution in [0.4, 0.5) is 0 Å². The van der Waals surface area contributed by atoms with Crippen LogP contribution in [0.15, 0.2) is 29.6 Å². The third-order valence-corrected chi connectivity index (χ3v) is 11.8. The summed E-state index contributed by atoms with van der Waals surface area (Å²) in [6.07, 6.45) is 5.20. The van der Waals surface area contributed by atoms with Gasteiger partial charge in [-0.25, -0.2) is 4.98 Å². The van der Waals surface area contributed by atoms with Gasteiger partial charge in [-0.1, -0.05) is 73.4 Å². The number of rotatable bonds is 21. The van der Waals surface area contributed by atoms with Gasteiger partial charge in [0.1, 0.15) is 17.5 Å². The summed E-state index contributed by atoms with van der Waals surface area (Å²) >= 11 is 1.33. The molecule has 3 amide bonds. The van der Waals surface area contributed by atoms with Crippen molar-refractivity contribution in [2.75, 3.05) is 20.3 Å². The Morgan fingerprint density at radius 2 is 1.71 bits per heavy atom. The van der Waals surface area contributed by atoms with Crippen molar-refractivity contribution in [2.45, 2.75) is 136 Å². The smallest absolute Gasteiger partial charge is 0.307 e. The van der Waals surface area contributed by atoms with Crippen molar-refractivity contribution in [3.8, 4) is 5.75 Å². The van der Waals surface area contributed by atoms with E-state index in [1.54, 1.807) is 41.5 Å². The lowest BCUT2D eigenvalue weighted by Crippen LogP contribution is -2.59. The highest BCUT2D eigenvalue weighted by molar-refractivity contribution is 7.09. The lowest BCUT2D eigenvalue weighted by Gasteiger charge is -2.39. The largest absolute Gasteiger partial charge is 0.508 e. The van der Waals surface area contributed by atoms with Gasteiger partial charge in [-0.3, -0.25) is 28.9 Å². The number of phenolic OH excluding ortho intramolecular Hbond substituents is 1. The number of aromatic nitrogens is 1. The number of carbonyl (C=O) groups is 5. The van der Waals surface area contributed by atoms with Gasteiger partial charge in [-0.2, -0.15) is 0 Å². The fraction of sp³-hybridized carbons (Fsp3) is 0.659. The number of aromatic hydroxyl groups is 1. The number of likely N-dealkylation sites (N-methyl/N-ethyl adjacent to an activating group) is 1. The number of ether oxygens (including phenoxy) is 1. The van der Waals surface area contributed by atoms with Crippen LogP contribution in [-0.2, 0) is 30.3 Å². The molecule has 1 aromatic carbocycles. The number of likely N-dealkylation sites (tertiary alicyclic amines) is 1.